The molecule has 0 radical (unpaired) electrons. The van der Waals surface area contributed by atoms with Crippen LogP contribution in [0.2, 0.25) is 10.0 Å². The van der Waals surface area contributed by atoms with Gasteiger partial charge in [-0.05, 0) is 48.0 Å². The highest BCUT2D eigenvalue weighted by Gasteiger charge is 2.24. The Hall–Kier alpha value is -1.96. The van der Waals surface area contributed by atoms with Gasteiger partial charge >= 0.3 is 0 Å². The van der Waals surface area contributed by atoms with Gasteiger partial charge in [-0.15, -0.1) is 11.3 Å². The average Bonchev–Trinajstić information content (AvgIpc) is 3.05. The molecule has 2 aromatic heterocycles. The minimum Gasteiger partial charge on any atom is -0.323 e. The van der Waals surface area contributed by atoms with Crippen molar-refractivity contribution in [1.82, 2.24) is 14.5 Å². The van der Waals surface area contributed by atoms with Crippen LogP contribution in [-0.4, -0.2) is 21.0 Å². The molecule has 0 aliphatic carbocycles. The third-order valence-electron chi connectivity index (χ3n) is 5.33. The molecule has 30 heavy (non-hydrogen) atoms. The number of benzene rings is 2. The lowest BCUT2D eigenvalue weighted by molar-refractivity contribution is 0.249. The van der Waals surface area contributed by atoms with Gasteiger partial charge in [-0.25, -0.2) is 0 Å². The van der Waals surface area contributed by atoms with Crippen molar-refractivity contribution < 1.29 is 0 Å². The normalized spacial score (nSPS) is 14.2. The molecule has 1 aliphatic rings. The Morgan fingerprint density at radius 3 is 2.57 bits per heavy atom. The molecule has 5 rings (SSSR count). The summed E-state index contributed by atoms with van der Waals surface area (Å²) in [5.41, 5.74) is 2.86. The zero-order valence-electron chi connectivity index (χ0n) is 15.8. The quantitative estimate of drug-likeness (QED) is 0.372. The Bertz CT molecular complexity index is 1350. The minimum atomic E-state index is -0.124. The molecule has 0 bridgehead atoms. The predicted octanol–water partition coefficient (Wildman–Crippen LogP) is 5.97. The number of halogens is 2. The van der Waals surface area contributed by atoms with Crippen LogP contribution in [-0.2, 0) is 19.5 Å². The van der Waals surface area contributed by atoms with E-state index < -0.39 is 0 Å². The molecular weight excluding hydrogens is 457 g/mol. The third-order valence-corrected chi connectivity index (χ3v) is 7.18. The highest BCUT2D eigenvalue weighted by molar-refractivity contribution is 7.71. The second-order valence-corrected chi connectivity index (χ2v) is 9.72. The largest absolute Gasteiger partial charge is 0.323 e. The van der Waals surface area contributed by atoms with E-state index >= 15 is 0 Å². The first-order chi connectivity index (χ1) is 14.5. The van der Waals surface area contributed by atoms with Crippen molar-refractivity contribution in [2.75, 3.05) is 6.54 Å². The Kier molecular flexibility index (Phi) is 5.29. The zero-order chi connectivity index (χ0) is 20.8. The number of aromatic nitrogens is 2. The maximum Gasteiger partial charge on any atom is 0.267 e. The second kappa shape index (κ2) is 7.94. The Balaban J connectivity index is 1.57. The molecule has 0 fully saturated rings. The van der Waals surface area contributed by atoms with Crippen LogP contribution in [0, 0.1) is 4.77 Å². The number of fused-ring (bicyclic) bond motifs is 3. The minimum absolute atomic E-state index is 0.124. The Labute approximate surface area is 192 Å². The van der Waals surface area contributed by atoms with E-state index in [0.29, 0.717) is 20.5 Å². The summed E-state index contributed by atoms with van der Waals surface area (Å²) in [6, 6.07) is 15.5. The van der Waals surface area contributed by atoms with Gasteiger partial charge in [-0.3, -0.25) is 14.3 Å². The maximum absolute atomic E-state index is 13.5. The molecular formula is C22H17Cl2N3OS2. The number of rotatable bonds is 3. The topological polar surface area (TPSA) is 41.0 Å². The van der Waals surface area contributed by atoms with E-state index in [2.05, 4.69) is 34.1 Å². The van der Waals surface area contributed by atoms with Gasteiger partial charge in [-0.1, -0.05) is 53.5 Å². The summed E-state index contributed by atoms with van der Waals surface area (Å²) >= 11 is 19.4. The molecule has 1 aliphatic heterocycles. The molecule has 0 unspecified atom stereocenters. The zero-order valence-corrected chi connectivity index (χ0v) is 19.0. The smallest absolute Gasteiger partial charge is 0.267 e. The van der Waals surface area contributed by atoms with E-state index in [9.17, 15) is 4.79 Å². The third kappa shape index (κ3) is 3.63. The first-order valence-electron chi connectivity index (χ1n) is 9.52. The number of nitrogens with one attached hydrogen (secondary N) is 1. The number of nitrogens with zero attached hydrogens (tertiary/aromatic N) is 2. The molecule has 0 saturated heterocycles. The summed E-state index contributed by atoms with van der Waals surface area (Å²) < 4.78 is 1.82. The van der Waals surface area contributed by atoms with Crippen LogP contribution in [0.5, 0.6) is 0 Å². The van der Waals surface area contributed by atoms with Gasteiger partial charge in [0.05, 0.1) is 11.1 Å². The molecule has 3 heterocycles. The van der Waals surface area contributed by atoms with Crippen LogP contribution in [0.3, 0.4) is 0 Å². The standard InChI is InChI=1S/C22H17Cl2N3OS2/c23-14-8-15(24)10-16(9-14)27-21(28)19-17-6-7-26(11-13-4-2-1-3-5-13)12-18(17)30-20(19)25-22(27)29/h1-5,8-10H,6-7,11-12H2,(H,25,29). The number of H-pyrrole nitrogens is 1. The number of aromatic amines is 1. The first-order valence-corrected chi connectivity index (χ1v) is 11.5. The molecule has 8 heteroatoms. The molecule has 1 N–H and O–H groups in total. The molecule has 4 nitrogen and oxygen atoms in total. The van der Waals surface area contributed by atoms with E-state index in [-0.39, 0.29) is 5.56 Å². The Morgan fingerprint density at radius 1 is 1.10 bits per heavy atom. The van der Waals surface area contributed by atoms with Gasteiger partial charge in [0.2, 0.25) is 0 Å². The van der Waals surface area contributed by atoms with E-state index in [0.717, 1.165) is 41.8 Å². The fraction of sp³-hybridized carbons (Fsp3) is 0.182. The van der Waals surface area contributed by atoms with Crippen molar-refractivity contribution in [3.05, 3.63) is 89.7 Å². The van der Waals surface area contributed by atoms with Gasteiger partial charge in [0.15, 0.2) is 4.77 Å². The van der Waals surface area contributed by atoms with E-state index in [4.69, 9.17) is 35.4 Å². The molecule has 152 valence electrons. The van der Waals surface area contributed by atoms with E-state index in [1.165, 1.54) is 15.0 Å². The highest BCUT2D eigenvalue weighted by Crippen LogP contribution is 2.33. The van der Waals surface area contributed by atoms with Gasteiger partial charge in [0.1, 0.15) is 4.83 Å². The van der Waals surface area contributed by atoms with E-state index in [1.54, 1.807) is 29.5 Å². The molecule has 0 amide bonds. The lowest BCUT2D eigenvalue weighted by Gasteiger charge is -2.26. The first kappa shape index (κ1) is 20.0. The van der Waals surface area contributed by atoms with Crippen molar-refractivity contribution >= 4 is 57.0 Å². The molecule has 4 aromatic rings. The van der Waals surface area contributed by atoms with Crippen molar-refractivity contribution in [2.24, 2.45) is 0 Å². The number of hydrogen-bond donors (Lipinski definition) is 1. The summed E-state index contributed by atoms with van der Waals surface area (Å²) in [5, 5.41) is 1.64. The van der Waals surface area contributed by atoms with E-state index in [1.807, 2.05) is 6.07 Å². The van der Waals surface area contributed by atoms with Crippen LogP contribution < -0.4 is 5.56 Å². The lowest BCUT2D eigenvalue weighted by atomic mass is 10.0. The lowest BCUT2D eigenvalue weighted by Crippen LogP contribution is -2.30. The summed E-state index contributed by atoms with van der Waals surface area (Å²) in [4.78, 5) is 21.2. The highest BCUT2D eigenvalue weighted by atomic mass is 35.5. The monoisotopic (exact) mass is 473 g/mol. The fourth-order valence-corrected chi connectivity index (χ4v) is 6.16. The van der Waals surface area contributed by atoms with Gasteiger partial charge in [0.25, 0.3) is 5.56 Å². The number of hydrogen-bond acceptors (Lipinski definition) is 4. The van der Waals surface area contributed by atoms with Crippen LogP contribution >= 0.6 is 46.8 Å². The van der Waals surface area contributed by atoms with Crippen molar-refractivity contribution in [1.29, 1.82) is 0 Å². The van der Waals surface area contributed by atoms with Gasteiger partial charge in [-0.2, -0.15) is 0 Å². The van der Waals surface area contributed by atoms with Gasteiger partial charge < -0.3 is 4.98 Å². The Morgan fingerprint density at radius 2 is 1.83 bits per heavy atom. The number of thiophene rings is 1. The average molecular weight is 474 g/mol. The summed E-state index contributed by atoms with van der Waals surface area (Å²) in [7, 11) is 0. The molecule has 0 spiro atoms. The predicted molar refractivity (Wildman–Crippen MR) is 127 cm³/mol. The van der Waals surface area contributed by atoms with Crippen molar-refractivity contribution in [2.45, 2.75) is 19.5 Å². The SMILES string of the molecule is O=c1c2c3c(sc2[nH]c(=S)n1-c1cc(Cl)cc(Cl)c1)CN(Cc1ccccc1)CC3. The van der Waals surface area contributed by atoms with Crippen LogP contribution in [0.15, 0.2) is 53.3 Å². The summed E-state index contributed by atoms with van der Waals surface area (Å²) in [6.45, 7) is 2.63. The second-order valence-electron chi connectivity index (χ2n) is 7.35. The maximum atomic E-state index is 13.5. The van der Waals surface area contributed by atoms with Crippen molar-refractivity contribution in [3.8, 4) is 5.69 Å². The summed E-state index contributed by atoms with van der Waals surface area (Å²) in [5.74, 6) is 0. The van der Waals surface area contributed by atoms with Gasteiger partial charge in [0, 0.05) is 34.6 Å². The fourth-order valence-electron chi connectivity index (χ4n) is 4.01. The summed E-state index contributed by atoms with van der Waals surface area (Å²) in [6.07, 6.45) is 0.832. The molecule has 0 saturated carbocycles. The molecule has 2 aromatic carbocycles. The molecule has 0 atom stereocenters. The van der Waals surface area contributed by atoms with Crippen molar-refractivity contribution in [3.63, 3.8) is 0 Å². The van der Waals surface area contributed by atoms with Crippen LogP contribution in [0.25, 0.3) is 15.9 Å². The van der Waals surface area contributed by atoms with Crippen LogP contribution in [0.4, 0.5) is 0 Å². The van der Waals surface area contributed by atoms with Crippen LogP contribution in [0.1, 0.15) is 16.0 Å².